The molecule has 1 aromatic rings. The van der Waals surface area contributed by atoms with Crippen LogP contribution >= 0.6 is 12.6 Å². The van der Waals surface area contributed by atoms with Crippen LogP contribution in [0.3, 0.4) is 0 Å². The van der Waals surface area contributed by atoms with E-state index in [0.29, 0.717) is 11.2 Å². The van der Waals surface area contributed by atoms with Gasteiger partial charge in [0.1, 0.15) is 6.07 Å². The fraction of sp³-hybridized carbons (Fsp3) is 0.182. The van der Waals surface area contributed by atoms with E-state index in [1.165, 1.54) is 12.1 Å². The summed E-state index contributed by atoms with van der Waals surface area (Å²) in [7, 11) is 0. The molecule has 0 amide bonds. The SMILES string of the molecule is CCOC(=O)c1c(S)ccc(C=O)c1C#N. The molecule has 0 radical (unpaired) electrons. The summed E-state index contributed by atoms with van der Waals surface area (Å²) >= 11 is 4.07. The van der Waals surface area contributed by atoms with E-state index < -0.39 is 5.97 Å². The van der Waals surface area contributed by atoms with Gasteiger partial charge in [-0.3, -0.25) is 4.79 Å². The van der Waals surface area contributed by atoms with Gasteiger partial charge in [0.25, 0.3) is 0 Å². The van der Waals surface area contributed by atoms with E-state index in [0.717, 1.165) is 0 Å². The van der Waals surface area contributed by atoms with Crippen LogP contribution in [0.5, 0.6) is 0 Å². The second-order valence-electron chi connectivity index (χ2n) is 2.87. The van der Waals surface area contributed by atoms with E-state index in [1.54, 1.807) is 6.92 Å². The van der Waals surface area contributed by atoms with Crippen LogP contribution in [0.4, 0.5) is 0 Å². The Morgan fingerprint density at radius 3 is 2.81 bits per heavy atom. The number of rotatable bonds is 3. The van der Waals surface area contributed by atoms with Crippen LogP contribution < -0.4 is 0 Å². The summed E-state index contributed by atoms with van der Waals surface area (Å²) in [4.78, 5) is 22.6. The van der Waals surface area contributed by atoms with Gasteiger partial charge in [0.05, 0.1) is 17.7 Å². The monoisotopic (exact) mass is 235 g/mol. The van der Waals surface area contributed by atoms with Crippen molar-refractivity contribution in [2.45, 2.75) is 11.8 Å². The molecule has 0 heterocycles. The molecule has 0 atom stereocenters. The Kier molecular flexibility index (Phi) is 4.09. The minimum atomic E-state index is -0.646. The van der Waals surface area contributed by atoms with Gasteiger partial charge in [-0.25, -0.2) is 4.79 Å². The number of thiol groups is 1. The van der Waals surface area contributed by atoms with Gasteiger partial charge >= 0.3 is 5.97 Å². The smallest absolute Gasteiger partial charge is 0.340 e. The Morgan fingerprint density at radius 2 is 2.31 bits per heavy atom. The lowest BCUT2D eigenvalue weighted by atomic mass is 10.0. The van der Waals surface area contributed by atoms with Gasteiger partial charge in [0.15, 0.2) is 6.29 Å². The average molecular weight is 235 g/mol. The normalized spacial score (nSPS) is 9.31. The van der Waals surface area contributed by atoms with Crippen molar-refractivity contribution < 1.29 is 14.3 Å². The minimum absolute atomic E-state index is 0.000880. The summed E-state index contributed by atoms with van der Waals surface area (Å²) in [5, 5.41) is 8.92. The number of ether oxygens (including phenoxy) is 1. The van der Waals surface area contributed by atoms with Gasteiger partial charge < -0.3 is 4.74 Å². The third kappa shape index (κ3) is 2.23. The number of nitriles is 1. The fourth-order valence-electron chi connectivity index (χ4n) is 1.24. The highest BCUT2D eigenvalue weighted by Crippen LogP contribution is 2.21. The molecule has 0 saturated carbocycles. The van der Waals surface area contributed by atoms with E-state index in [-0.39, 0.29) is 23.3 Å². The molecule has 0 N–H and O–H groups in total. The summed E-state index contributed by atoms with van der Waals surface area (Å²) in [6.45, 7) is 1.86. The molecule has 0 bridgehead atoms. The van der Waals surface area contributed by atoms with E-state index in [1.807, 2.05) is 6.07 Å². The van der Waals surface area contributed by atoms with Gasteiger partial charge in [-0.05, 0) is 19.1 Å². The van der Waals surface area contributed by atoms with E-state index in [4.69, 9.17) is 10.00 Å². The first-order chi connectivity index (χ1) is 7.65. The molecule has 0 fully saturated rings. The quantitative estimate of drug-likeness (QED) is 0.493. The van der Waals surface area contributed by atoms with Crippen molar-refractivity contribution in [1.82, 2.24) is 0 Å². The zero-order valence-corrected chi connectivity index (χ0v) is 9.45. The molecule has 16 heavy (non-hydrogen) atoms. The van der Waals surface area contributed by atoms with Crippen LogP contribution in [0.15, 0.2) is 17.0 Å². The molecule has 1 aromatic carbocycles. The fourth-order valence-corrected chi connectivity index (χ4v) is 1.51. The number of esters is 1. The second kappa shape index (κ2) is 5.33. The van der Waals surface area contributed by atoms with Crippen molar-refractivity contribution in [2.75, 3.05) is 6.61 Å². The molecular formula is C11H9NO3S. The van der Waals surface area contributed by atoms with E-state index in [2.05, 4.69) is 12.6 Å². The van der Waals surface area contributed by atoms with Gasteiger partial charge in [-0.15, -0.1) is 12.6 Å². The zero-order valence-electron chi connectivity index (χ0n) is 8.56. The summed E-state index contributed by atoms with van der Waals surface area (Å²) in [5.74, 6) is -0.646. The van der Waals surface area contributed by atoms with Crippen molar-refractivity contribution in [2.24, 2.45) is 0 Å². The number of carbonyl (C=O) groups is 2. The van der Waals surface area contributed by atoms with Gasteiger partial charge in [-0.2, -0.15) is 5.26 Å². The second-order valence-corrected chi connectivity index (χ2v) is 3.36. The van der Waals surface area contributed by atoms with Crippen molar-refractivity contribution in [1.29, 1.82) is 5.26 Å². The first kappa shape index (κ1) is 12.3. The Hall–Kier alpha value is -1.80. The molecule has 0 unspecified atom stereocenters. The molecule has 0 saturated heterocycles. The van der Waals surface area contributed by atoms with Crippen LogP contribution in [0.2, 0.25) is 0 Å². The van der Waals surface area contributed by atoms with Crippen LogP contribution in [0, 0.1) is 11.3 Å². The number of nitrogens with zero attached hydrogens (tertiary/aromatic N) is 1. The Labute approximate surface area is 98.2 Å². The lowest BCUT2D eigenvalue weighted by molar-refractivity contribution is 0.0522. The molecular weight excluding hydrogens is 226 g/mol. The Balaban J connectivity index is 3.41. The maximum Gasteiger partial charge on any atom is 0.340 e. The van der Waals surface area contributed by atoms with E-state index >= 15 is 0 Å². The number of hydrogen-bond acceptors (Lipinski definition) is 5. The van der Waals surface area contributed by atoms with Crippen molar-refractivity contribution in [3.63, 3.8) is 0 Å². The maximum atomic E-state index is 11.6. The lowest BCUT2D eigenvalue weighted by Crippen LogP contribution is -2.09. The lowest BCUT2D eigenvalue weighted by Gasteiger charge is -2.07. The van der Waals surface area contributed by atoms with Crippen LogP contribution in [-0.4, -0.2) is 18.9 Å². The van der Waals surface area contributed by atoms with Crippen LogP contribution in [0.25, 0.3) is 0 Å². The topological polar surface area (TPSA) is 67.2 Å². The van der Waals surface area contributed by atoms with Crippen molar-refractivity contribution in [3.05, 3.63) is 28.8 Å². The molecule has 82 valence electrons. The largest absolute Gasteiger partial charge is 0.462 e. The molecule has 1 rings (SSSR count). The summed E-state index contributed by atoms with van der Waals surface area (Å²) in [5.41, 5.74) is 0.196. The number of hydrogen-bond donors (Lipinski definition) is 1. The summed E-state index contributed by atoms with van der Waals surface area (Å²) < 4.78 is 4.80. The van der Waals surface area contributed by atoms with Gasteiger partial charge in [0.2, 0.25) is 0 Å². The minimum Gasteiger partial charge on any atom is -0.462 e. The van der Waals surface area contributed by atoms with Crippen LogP contribution in [-0.2, 0) is 4.74 Å². The molecule has 5 heteroatoms. The molecule has 0 aromatic heterocycles. The average Bonchev–Trinajstić information content (AvgIpc) is 2.28. The molecule has 0 spiro atoms. The van der Waals surface area contributed by atoms with Crippen molar-refractivity contribution in [3.8, 4) is 6.07 Å². The first-order valence-electron chi connectivity index (χ1n) is 4.54. The number of carbonyl (C=O) groups excluding carboxylic acids is 2. The molecule has 0 aliphatic rings. The zero-order chi connectivity index (χ0) is 12.1. The summed E-state index contributed by atoms with van der Waals surface area (Å²) in [6.07, 6.45) is 0.522. The maximum absolute atomic E-state index is 11.6. The Morgan fingerprint density at radius 1 is 1.62 bits per heavy atom. The molecule has 0 aliphatic carbocycles. The van der Waals surface area contributed by atoms with Gasteiger partial charge in [-0.1, -0.05) is 0 Å². The number of benzene rings is 1. The predicted molar refractivity (Wildman–Crippen MR) is 59.8 cm³/mol. The number of aldehydes is 1. The highest BCUT2D eigenvalue weighted by molar-refractivity contribution is 7.80. The first-order valence-corrected chi connectivity index (χ1v) is 4.98. The molecule has 4 nitrogen and oxygen atoms in total. The predicted octanol–water partition coefficient (Wildman–Crippen LogP) is 1.84. The Bertz CT molecular complexity index is 477. The third-order valence-electron chi connectivity index (χ3n) is 1.93. The molecule has 0 aliphatic heterocycles. The third-order valence-corrected chi connectivity index (χ3v) is 2.31. The van der Waals surface area contributed by atoms with Crippen molar-refractivity contribution >= 4 is 24.9 Å². The van der Waals surface area contributed by atoms with Gasteiger partial charge in [0, 0.05) is 10.5 Å². The van der Waals surface area contributed by atoms with Crippen LogP contribution in [0.1, 0.15) is 33.2 Å². The summed E-state index contributed by atoms with van der Waals surface area (Å²) in [6, 6.07) is 4.74. The standard InChI is InChI=1S/C11H9NO3S/c1-2-15-11(14)10-8(5-12)7(6-13)3-4-9(10)16/h3-4,6,16H,2H2,1H3. The highest BCUT2D eigenvalue weighted by atomic mass is 32.1. The van der Waals surface area contributed by atoms with E-state index in [9.17, 15) is 9.59 Å². The highest BCUT2D eigenvalue weighted by Gasteiger charge is 2.19.